The number of nitrogens with zero attached hydrogens (tertiary/aromatic N) is 4. The topological polar surface area (TPSA) is 108 Å². The molecular weight excluding hydrogens is 272 g/mol. The van der Waals surface area contributed by atoms with Crippen LogP contribution in [0.1, 0.15) is 12.8 Å². The molecule has 3 N–H and O–H groups in total. The molecule has 0 radical (unpaired) electrons. The van der Waals surface area contributed by atoms with Gasteiger partial charge in [-0.05, 0) is 25.0 Å². The first-order valence-electron chi connectivity index (χ1n) is 6.66. The number of ether oxygens (including phenoxy) is 1. The lowest BCUT2D eigenvalue weighted by Gasteiger charge is -2.31. The van der Waals surface area contributed by atoms with Gasteiger partial charge in [0.15, 0.2) is 5.82 Å². The van der Waals surface area contributed by atoms with E-state index in [1.165, 1.54) is 11.0 Å². The van der Waals surface area contributed by atoms with E-state index in [1.54, 1.807) is 24.7 Å². The standard InChI is InChI=1S/C13H16N6O2/c14-13(3-5-21-6-4-13)12(20)18-10-1-2-11(16-7-10)19-9-15-8-17-19/h1-2,7-9H,3-6,14H2,(H,18,20). The second kappa shape index (κ2) is 5.58. The van der Waals surface area contributed by atoms with E-state index >= 15 is 0 Å². The van der Waals surface area contributed by atoms with Crippen molar-refractivity contribution in [3.05, 3.63) is 31.0 Å². The van der Waals surface area contributed by atoms with E-state index in [0.717, 1.165) is 0 Å². The number of amides is 1. The van der Waals surface area contributed by atoms with Crippen molar-refractivity contribution in [2.45, 2.75) is 18.4 Å². The van der Waals surface area contributed by atoms with Gasteiger partial charge >= 0.3 is 0 Å². The predicted octanol–water partition coefficient (Wildman–Crippen LogP) is 0.109. The molecule has 0 saturated carbocycles. The maximum absolute atomic E-state index is 12.3. The minimum atomic E-state index is -0.872. The van der Waals surface area contributed by atoms with Gasteiger partial charge in [0, 0.05) is 13.2 Å². The molecular formula is C13H16N6O2. The molecule has 3 rings (SSSR count). The van der Waals surface area contributed by atoms with Crippen molar-refractivity contribution in [1.29, 1.82) is 0 Å². The Bertz CT molecular complexity index is 604. The summed E-state index contributed by atoms with van der Waals surface area (Å²) in [7, 11) is 0. The lowest BCUT2D eigenvalue weighted by atomic mass is 9.90. The fourth-order valence-corrected chi connectivity index (χ4v) is 2.14. The number of hydrogen-bond acceptors (Lipinski definition) is 6. The van der Waals surface area contributed by atoms with Crippen LogP contribution >= 0.6 is 0 Å². The van der Waals surface area contributed by atoms with Gasteiger partial charge in [0.1, 0.15) is 18.2 Å². The fraction of sp³-hybridized carbons (Fsp3) is 0.385. The minimum absolute atomic E-state index is 0.207. The molecule has 3 heterocycles. The highest BCUT2D eigenvalue weighted by molar-refractivity contribution is 5.97. The zero-order valence-electron chi connectivity index (χ0n) is 11.4. The lowest BCUT2D eigenvalue weighted by molar-refractivity contribution is -0.124. The Morgan fingerprint density at radius 1 is 1.38 bits per heavy atom. The summed E-state index contributed by atoms with van der Waals surface area (Å²) < 4.78 is 6.77. The lowest BCUT2D eigenvalue weighted by Crippen LogP contribution is -2.54. The molecule has 0 unspecified atom stereocenters. The van der Waals surface area contributed by atoms with Crippen molar-refractivity contribution in [2.24, 2.45) is 5.73 Å². The van der Waals surface area contributed by atoms with Gasteiger partial charge in [-0.3, -0.25) is 4.79 Å². The summed E-state index contributed by atoms with van der Waals surface area (Å²) in [5.74, 6) is 0.417. The van der Waals surface area contributed by atoms with Crippen LogP contribution in [-0.2, 0) is 9.53 Å². The van der Waals surface area contributed by atoms with Crippen molar-refractivity contribution >= 4 is 11.6 Å². The van der Waals surface area contributed by atoms with E-state index in [4.69, 9.17) is 10.5 Å². The molecule has 8 nitrogen and oxygen atoms in total. The third-order valence-corrected chi connectivity index (χ3v) is 3.50. The van der Waals surface area contributed by atoms with Crippen LogP contribution in [0.2, 0.25) is 0 Å². The van der Waals surface area contributed by atoms with E-state index in [1.807, 2.05) is 0 Å². The van der Waals surface area contributed by atoms with Crippen LogP contribution < -0.4 is 11.1 Å². The van der Waals surface area contributed by atoms with Crippen molar-refractivity contribution in [3.8, 4) is 5.82 Å². The Balaban J connectivity index is 1.69. The molecule has 1 saturated heterocycles. The molecule has 2 aromatic heterocycles. The first-order valence-corrected chi connectivity index (χ1v) is 6.66. The van der Waals surface area contributed by atoms with Crippen LogP contribution in [0.25, 0.3) is 5.82 Å². The number of nitrogens with two attached hydrogens (primary N) is 1. The van der Waals surface area contributed by atoms with E-state index in [9.17, 15) is 4.79 Å². The third-order valence-electron chi connectivity index (χ3n) is 3.50. The van der Waals surface area contributed by atoms with Crippen molar-refractivity contribution < 1.29 is 9.53 Å². The summed E-state index contributed by atoms with van der Waals surface area (Å²) in [5, 5.41) is 6.78. The highest BCUT2D eigenvalue weighted by Crippen LogP contribution is 2.20. The van der Waals surface area contributed by atoms with Crippen LogP contribution in [0.4, 0.5) is 5.69 Å². The predicted molar refractivity (Wildman–Crippen MR) is 74.8 cm³/mol. The molecule has 21 heavy (non-hydrogen) atoms. The van der Waals surface area contributed by atoms with Gasteiger partial charge in [0.2, 0.25) is 5.91 Å². The van der Waals surface area contributed by atoms with Gasteiger partial charge in [0.25, 0.3) is 0 Å². The SMILES string of the molecule is NC1(C(=O)Nc2ccc(-n3cncn3)nc2)CCOCC1. The van der Waals surface area contributed by atoms with E-state index < -0.39 is 5.54 Å². The monoisotopic (exact) mass is 288 g/mol. The second-order valence-corrected chi connectivity index (χ2v) is 4.97. The average Bonchev–Trinajstić information content (AvgIpc) is 3.03. The molecule has 0 bridgehead atoms. The minimum Gasteiger partial charge on any atom is -0.381 e. The highest BCUT2D eigenvalue weighted by atomic mass is 16.5. The zero-order valence-corrected chi connectivity index (χ0v) is 11.4. The van der Waals surface area contributed by atoms with Gasteiger partial charge in [-0.15, -0.1) is 0 Å². The van der Waals surface area contributed by atoms with Gasteiger partial charge in [-0.25, -0.2) is 14.6 Å². The van der Waals surface area contributed by atoms with Crippen LogP contribution in [0.3, 0.4) is 0 Å². The Kier molecular flexibility index (Phi) is 3.63. The van der Waals surface area contributed by atoms with Gasteiger partial charge in [-0.1, -0.05) is 0 Å². The second-order valence-electron chi connectivity index (χ2n) is 4.97. The highest BCUT2D eigenvalue weighted by Gasteiger charge is 2.35. The molecule has 2 aromatic rings. The Hall–Kier alpha value is -2.32. The first kappa shape index (κ1) is 13.7. The van der Waals surface area contributed by atoms with E-state index in [2.05, 4.69) is 20.4 Å². The van der Waals surface area contributed by atoms with Crippen molar-refractivity contribution in [3.63, 3.8) is 0 Å². The molecule has 1 fully saturated rings. The number of aromatic nitrogens is 4. The molecule has 0 aliphatic carbocycles. The number of carbonyl (C=O) groups is 1. The normalized spacial score (nSPS) is 17.4. The zero-order chi connectivity index (χ0) is 14.7. The number of rotatable bonds is 3. The van der Waals surface area contributed by atoms with E-state index in [-0.39, 0.29) is 5.91 Å². The molecule has 0 atom stereocenters. The van der Waals surface area contributed by atoms with Crippen molar-refractivity contribution in [2.75, 3.05) is 18.5 Å². The van der Waals surface area contributed by atoms with Gasteiger partial charge in [-0.2, -0.15) is 5.10 Å². The maximum atomic E-state index is 12.3. The average molecular weight is 288 g/mol. The number of carbonyl (C=O) groups excluding carboxylic acids is 1. The number of hydrogen-bond donors (Lipinski definition) is 2. The Morgan fingerprint density at radius 3 is 2.81 bits per heavy atom. The van der Waals surface area contributed by atoms with Gasteiger partial charge in [0.05, 0.1) is 11.9 Å². The van der Waals surface area contributed by atoms with Crippen molar-refractivity contribution in [1.82, 2.24) is 19.7 Å². The number of anilines is 1. The molecule has 110 valence electrons. The summed E-state index contributed by atoms with van der Waals surface area (Å²) >= 11 is 0. The van der Waals surface area contributed by atoms with Crippen LogP contribution in [-0.4, -0.2) is 44.4 Å². The molecule has 0 spiro atoms. The first-order chi connectivity index (χ1) is 10.2. The smallest absolute Gasteiger partial charge is 0.244 e. The molecule has 1 aliphatic heterocycles. The number of pyridine rings is 1. The quantitative estimate of drug-likeness (QED) is 0.830. The van der Waals surface area contributed by atoms with Gasteiger partial charge < -0.3 is 15.8 Å². The van der Waals surface area contributed by atoms with Crippen LogP contribution in [0.5, 0.6) is 0 Å². The Morgan fingerprint density at radius 2 is 2.19 bits per heavy atom. The summed E-state index contributed by atoms with van der Waals surface area (Å²) in [4.78, 5) is 20.3. The Labute approximate surface area is 121 Å². The third kappa shape index (κ3) is 2.91. The number of nitrogens with one attached hydrogen (secondary N) is 1. The molecule has 8 heteroatoms. The fourth-order valence-electron chi connectivity index (χ4n) is 2.14. The summed E-state index contributed by atoms with van der Waals surface area (Å²) in [6.45, 7) is 1.01. The summed E-state index contributed by atoms with van der Waals surface area (Å²) in [6.07, 6.45) is 5.59. The van der Waals surface area contributed by atoms with Crippen LogP contribution in [0.15, 0.2) is 31.0 Å². The summed E-state index contributed by atoms with van der Waals surface area (Å²) in [5.41, 5.74) is 5.85. The molecule has 0 aromatic carbocycles. The molecule has 1 amide bonds. The van der Waals surface area contributed by atoms with Crippen LogP contribution in [0, 0.1) is 0 Å². The summed E-state index contributed by atoms with van der Waals surface area (Å²) in [6, 6.07) is 3.50. The molecule has 1 aliphatic rings. The maximum Gasteiger partial charge on any atom is 0.244 e. The largest absolute Gasteiger partial charge is 0.381 e. The van der Waals surface area contributed by atoms with E-state index in [0.29, 0.717) is 37.6 Å².